The molecule has 3 rings (SSSR count). The lowest BCUT2D eigenvalue weighted by molar-refractivity contribution is 0.0751. The summed E-state index contributed by atoms with van der Waals surface area (Å²) < 4.78 is 6.18. The Morgan fingerprint density at radius 1 is 1.15 bits per heavy atom. The lowest BCUT2D eigenvalue weighted by Crippen LogP contribution is -2.25. The molecule has 0 unspecified atom stereocenters. The number of nitrogens with zero attached hydrogens (tertiary/aromatic N) is 1. The Morgan fingerprint density at radius 3 is 2.55 bits per heavy atom. The van der Waals surface area contributed by atoms with Crippen LogP contribution in [-0.4, -0.2) is 17.9 Å². The van der Waals surface area contributed by atoms with Crippen molar-refractivity contribution in [3.05, 3.63) is 63.6 Å². The van der Waals surface area contributed by atoms with E-state index in [9.17, 15) is 4.79 Å². The van der Waals surface area contributed by atoms with E-state index in [0.717, 1.165) is 10.2 Å². The third-order valence-electron chi connectivity index (χ3n) is 3.55. The van der Waals surface area contributed by atoms with Gasteiger partial charge in [0.15, 0.2) is 0 Å². The average molecular weight is 332 g/mol. The molecule has 4 heteroatoms. The molecule has 1 aliphatic rings. The Morgan fingerprint density at radius 2 is 1.90 bits per heavy atom. The lowest BCUT2D eigenvalue weighted by Gasteiger charge is -2.15. The fraction of sp³-hybridized carbons (Fsp3) is 0.188. The zero-order valence-electron chi connectivity index (χ0n) is 11.1. The van der Waals surface area contributed by atoms with E-state index in [2.05, 4.69) is 22.0 Å². The number of amides is 1. The molecule has 0 atom stereocenters. The molecule has 1 heterocycles. The SMILES string of the molecule is COc1ccc(C(=O)N2Cc3cccc(Br)c3C2)cc1. The Hall–Kier alpha value is -1.81. The van der Waals surface area contributed by atoms with Crippen molar-refractivity contribution in [2.24, 2.45) is 0 Å². The first-order valence-electron chi connectivity index (χ1n) is 6.38. The van der Waals surface area contributed by atoms with Crippen LogP contribution in [0.3, 0.4) is 0 Å². The van der Waals surface area contributed by atoms with Gasteiger partial charge in [0.05, 0.1) is 7.11 Å². The second kappa shape index (κ2) is 5.29. The monoisotopic (exact) mass is 331 g/mol. The number of rotatable bonds is 2. The number of carbonyl (C=O) groups excluding carboxylic acids is 1. The van der Waals surface area contributed by atoms with Crippen LogP contribution in [0.2, 0.25) is 0 Å². The molecule has 0 spiro atoms. The average Bonchev–Trinajstić information content (AvgIpc) is 2.92. The van der Waals surface area contributed by atoms with Gasteiger partial charge in [-0.25, -0.2) is 0 Å². The number of hydrogen-bond acceptors (Lipinski definition) is 2. The van der Waals surface area contributed by atoms with E-state index in [1.807, 2.05) is 29.2 Å². The highest BCUT2D eigenvalue weighted by Gasteiger charge is 2.25. The molecule has 1 amide bonds. The predicted molar refractivity (Wildman–Crippen MR) is 80.7 cm³/mol. The molecule has 20 heavy (non-hydrogen) atoms. The van der Waals surface area contributed by atoms with E-state index in [1.54, 1.807) is 19.2 Å². The van der Waals surface area contributed by atoms with Crippen molar-refractivity contribution < 1.29 is 9.53 Å². The van der Waals surface area contributed by atoms with Crippen LogP contribution in [0.15, 0.2) is 46.9 Å². The van der Waals surface area contributed by atoms with Crippen molar-refractivity contribution in [2.45, 2.75) is 13.1 Å². The summed E-state index contributed by atoms with van der Waals surface area (Å²) in [5.41, 5.74) is 3.10. The van der Waals surface area contributed by atoms with Gasteiger partial charge in [-0.3, -0.25) is 4.79 Å². The first-order valence-corrected chi connectivity index (χ1v) is 7.18. The lowest BCUT2D eigenvalue weighted by atomic mass is 10.1. The maximum atomic E-state index is 12.5. The first-order chi connectivity index (χ1) is 9.69. The largest absolute Gasteiger partial charge is 0.497 e. The highest BCUT2D eigenvalue weighted by atomic mass is 79.9. The van der Waals surface area contributed by atoms with Crippen LogP contribution in [0.1, 0.15) is 21.5 Å². The number of hydrogen-bond donors (Lipinski definition) is 0. The van der Waals surface area contributed by atoms with Crippen LogP contribution in [0.4, 0.5) is 0 Å². The van der Waals surface area contributed by atoms with Crippen molar-refractivity contribution in [3.63, 3.8) is 0 Å². The van der Waals surface area contributed by atoms with Crippen LogP contribution in [0.25, 0.3) is 0 Å². The Balaban J connectivity index is 1.81. The van der Waals surface area contributed by atoms with Gasteiger partial charge in [0, 0.05) is 23.1 Å². The van der Waals surface area contributed by atoms with Crippen LogP contribution in [0, 0.1) is 0 Å². The van der Waals surface area contributed by atoms with E-state index in [0.29, 0.717) is 18.7 Å². The number of ether oxygens (including phenoxy) is 1. The summed E-state index contributed by atoms with van der Waals surface area (Å²) >= 11 is 3.54. The van der Waals surface area contributed by atoms with Crippen molar-refractivity contribution in [2.75, 3.05) is 7.11 Å². The minimum absolute atomic E-state index is 0.0516. The molecule has 0 N–H and O–H groups in total. The molecule has 0 radical (unpaired) electrons. The van der Waals surface area contributed by atoms with Gasteiger partial charge < -0.3 is 9.64 Å². The third-order valence-corrected chi connectivity index (χ3v) is 4.29. The number of fused-ring (bicyclic) bond motifs is 1. The Kier molecular flexibility index (Phi) is 3.49. The van der Waals surface area contributed by atoms with Gasteiger partial charge in [-0.1, -0.05) is 28.1 Å². The summed E-state index contributed by atoms with van der Waals surface area (Å²) in [6.45, 7) is 1.32. The van der Waals surface area contributed by atoms with E-state index >= 15 is 0 Å². The van der Waals surface area contributed by atoms with Crippen LogP contribution in [0.5, 0.6) is 5.75 Å². The van der Waals surface area contributed by atoms with Crippen LogP contribution < -0.4 is 4.74 Å². The molecule has 0 bridgehead atoms. The normalized spacial score (nSPS) is 13.2. The van der Waals surface area contributed by atoms with E-state index in [4.69, 9.17) is 4.74 Å². The maximum absolute atomic E-state index is 12.5. The Bertz CT molecular complexity index is 652. The summed E-state index contributed by atoms with van der Waals surface area (Å²) in [7, 11) is 1.62. The molecule has 0 aliphatic carbocycles. The zero-order valence-corrected chi connectivity index (χ0v) is 12.7. The summed E-state index contributed by atoms with van der Waals surface area (Å²) in [5.74, 6) is 0.810. The van der Waals surface area contributed by atoms with E-state index in [-0.39, 0.29) is 5.91 Å². The standard InChI is InChI=1S/C16H14BrNO2/c1-20-13-7-5-11(6-8-13)16(19)18-9-12-3-2-4-15(17)14(12)10-18/h2-8H,9-10H2,1H3. The number of methoxy groups -OCH3 is 1. The molecule has 1 aliphatic heterocycles. The summed E-state index contributed by atoms with van der Waals surface area (Å²) in [6.07, 6.45) is 0. The minimum Gasteiger partial charge on any atom is -0.497 e. The van der Waals surface area contributed by atoms with Crippen molar-refractivity contribution in [3.8, 4) is 5.75 Å². The highest BCUT2D eigenvalue weighted by Crippen LogP contribution is 2.30. The van der Waals surface area contributed by atoms with Gasteiger partial charge in [-0.2, -0.15) is 0 Å². The molecule has 0 saturated carbocycles. The fourth-order valence-corrected chi connectivity index (χ4v) is 2.97. The summed E-state index contributed by atoms with van der Waals surface area (Å²) in [6, 6.07) is 13.3. The van der Waals surface area contributed by atoms with Crippen LogP contribution >= 0.6 is 15.9 Å². The molecule has 3 nitrogen and oxygen atoms in total. The van der Waals surface area contributed by atoms with Crippen LogP contribution in [-0.2, 0) is 13.1 Å². The maximum Gasteiger partial charge on any atom is 0.254 e. The van der Waals surface area contributed by atoms with Crippen molar-refractivity contribution in [1.29, 1.82) is 0 Å². The van der Waals surface area contributed by atoms with Gasteiger partial charge in [0.1, 0.15) is 5.75 Å². The number of carbonyl (C=O) groups is 1. The predicted octanol–water partition coefficient (Wildman–Crippen LogP) is 3.61. The Labute approximate surface area is 126 Å². The third kappa shape index (κ3) is 2.31. The van der Waals surface area contributed by atoms with Gasteiger partial charge in [0.25, 0.3) is 5.91 Å². The smallest absolute Gasteiger partial charge is 0.254 e. The molecule has 0 aromatic heterocycles. The second-order valence-electron chi connectivity index (χ2n) is 4.77. The molecule has 2 aromatic rings. The van der Waals surface area contributed by atoms with Crippen molar-refractivity contribution in [1.82, 2.24) is 4.90 Å². The topological polar surface area (TPSA) is 29.5 Å². The molecular weight excluding hydrogens is 318 g/mol. The minimum atomic E-state index is 0.0516. The van der Waals surface area contributed by atoms with E-state index < -0.39 is 0 Å². The van der Waals surface area contributed by atoms with E-state index in [1.165, 1.54) is 11.1 Å². The highest BCUT2D eigenvalue weighted by molar-refractivity contribution is 9.10. The molecule has 2 aromatic carbocycles. The van der Waals surface area contributed by atoms with Gasteiger partial charge >= 0.3 is 0 Å². The quantitative estimate of drug-likeness (QED) is 0.841. The number of halogens is 1. The molecule has 0 fully saturated rings. The first kappa shape index (κ1) is 13.2. The van der Waals surface area contributed by atoms with Gasteiger partial charge in [-0.15, -0.1) is 0 Å². The van der Waals surface area contributed by atoms with Gasteiger partial charge in [-0.05, 0) is 41.5 Å². The fourth-order valence-electron chi connectivity index (χ4n) is 2.44. The van der Waals surface area contributed by atoms with Gasteiger partial charge in [0.2, 0.25) is 0 Å². The molecule has 0 saturated heterocycles. The summed E-state index contributed by atoms with van der Waals surface area (Å²) in [5, 5.41) is 0. The molecule has 102 valence electrons. The number of benzene rings is 2. The second-order valence-corrected chi connectivity index (χ2v) is 5.62. The summed E-state index contributed by atoms with van der Waals surface area (Å²) in [4.78, 5) is 14.4. The van der Waals surface area contributed by atoms with Crippen molar-refractivity contribution >= 4 is 21.8 Å². The molecular formula is C16H14BrNO2. The zero-order chi connectivity index (χ0) is 14.1.